The summed E-state index contributed by atoms with van der Waals surface area (Å²) in [5, 5.41) is 2.82. The Labute approximate surface area is 171 Å². The van der Waals surface area contributed by atoms with Crippen LogP contribution >= 0.6 is 11.6 Å². The molecule has 0 aromatic heterocycles. The van der Waals surface area contributed by atoms with Crippen molar-refractivity contribution in [1.29, 1.82) is 0 Å². The summed E-state index contributed by atoms with van der Waals surface area (Å²) < 4.78 is 27.1. The predicted molar refractivity (Wildman–Crippen MR) is 115 cm³/mol. The van der Waals surface area contributed by atoms with Gasteiger partial charge in [0.05, 0.1) is 27.0 Å². The summed E-state index contributed by atoms with van der Waals surface area (Å²) in [7, 11) is -3.96. The molecule has 0 aliphatic carbocycles. The number of carbonyl (C=O) groups is 1. The Morgan fingerprint density at radius 1 is 1.14 bits per heavy atom. The molecule has 2 aromatic carbocycles. The van der Waals surface area contributed by atoms with Gasteiger partial charge in [-0.15, -0.1) is 0 Å². The van der Waals surface area contributed by atoms with Gasteiger partial charge in [-0.25, -0.2) is 8.42 Å². The molecule has 0 atom stereocenters. The zero-order valence-electron chi connectivity index (χ0n) is 16.3. The zero-order chi connectivity index (χ0) is 20.9. The molecular formula is C20H26ClN3O3S. The molecule has 0 aliphatic rings. The first-order valence-corrected chi connectivity index (χ1v) is 11.0. The number of benzene rings is 2. The van der Waals surface area contributed by atoms with Crippen molar-refractivity contribution in [3.8, 4) is 0 Å². The highest BCUT2D eigenvalue weighted by atomic mass is 35.5. The lowest BCUT2D eigenvalue weighted by Crippen LogP contribution is -2.27. The van der Waals surface area contributed by atoms with Gasteiger partial charge in [-0.05, 0) is 43.2 Å². The van der Waals surface area contributed by atoms with Crippen molar-refractivity contribution in [2.75, 3.05) is 29.0 Å². The van der Waals surface area contributed by atoms with Gasteiger partial charge in [0.1, 0.15) is 4.90 Å². The van der Waals surface area contributed by atoms with E-state index < -0.39 is 9.84 Å². The Morgan fingerprint density at radius 2 is 1.79 bits per heavy atom. The Bertz CT molecular complexity index is 955. The molecular weight excluding hydrogens is 398 g/mol. The molecule has 2 aromatic rings. The minimum atomic E-state index is -3.96. The number of nitrogens with two attached hydrogens (primary N) is 1. The number of carbonyl (C=O) groups excluding carboxylic acids is 1. The number of nitrogens with zero attached hydrogens (tertiary/aromatic N) is 1. The highest BCUT2D eigenvalue weighted by Gasteiger charge is 2.28. The van der Waals surface area contributed by atoms with E-state index in [2.05, 4.69) is 5.32 Å². The van der Waals surface area contributed by atoms with Crippen molar-refractivity contribution < 1.29 is 13.2 Å². The van der Waals surface area contributed by atoms with Crippen LogP contribution in [-0.2, 0) is 14.6 Å². The number of hydrogen-bond acceptors (Lipinski definition) is 5. The molecule has 0 saturated heterocycles. The molecule has 2 rings (SSSR count). The maximum Gasteiger partial charge on any atom is 0.221 e. The maximum atomic E-state index is 13.6. The second-order valence-electron chi connectivity index (χ2n) is 6.51. The number of hydrogen-bond donors (Lipinski definition) is 2. The molecule has 0 radical (unpaired) electrons. The average Bonchev–Trinajstić information content (AvgIpc) is 2.63. The van der Waals surface area contributed by atoms with E-state index in [4.69, 9.17) is 17.3 Å². The van der Waals surface area contributed by atoms with Crippen LogP contribution in [0.3, 0.4) is 0 Å². The molecule has 8 heteroatoms. The molecule has 3 N–H and O–H groups in total. The molecule has 0 heterocycles. The second kappa shape index (κ2) is 9.30. The fourth-order valence-corrected chi connectivity index (χ4v) is 4.91. The lowest BCUT2D eigenvalue weighted by molar-refractivity contribution is -0.114. The number of nitrogen functional groups attached to an aromatic ring is 1. The normalized spacial score (nSPS) is 11.3. The van der Waals surface area contributed by atoms with E-state index in [1.807, 2.05) is 18.7 Å². The highest BCUT2D eigenvalue weighted by molar-refractivity contribution is 7.91. The predicted octanol–water partition coefficient (Wildman–Crippen LogP) is 4.34. The summed E-state index contributed by atoms with van der Waals surface area (Å²) in [6, 6.07) is 9.33. The van der Waals surface area contributed by atoms with Crippen molar-refractivity contribution in [2.24, 2.45) is 0 Å². The van der Waals surface area contributed by atoms with Gasteiger partial charge in [0, 0.05) is 20.0 Å². The smallest absolute Gasteiger partial charge is 0.221 e. The van der Waals surface area contributed by atoms with Crippen LogP contribution in [0, 0.1) is 0 Å². The molecule has 0 fully saturated rings. The van der Waals surface area contributed by atoms with Crippen LogP contribution in [0.2, 0.25) is 5.02 Å². The summed E-state index contributed by atoms with van der Waals surface area (Å²) in [5.74, 6) is -0.346. The van der Waals surface area contributed by atoms with Gasteiger partial charge in [0.25, 0.3) is 0 Å². The Morgan fingerprint density at radius 3 is 2.32 bits per heavy atom. The van der Waals surface area contributed by atoms with Crippen LogP contribution in [0.4, 0.5) is 17.1 Å². The van der Waals surface area contributed by atoms with Crippen molar-refractivity contribution in [3.63, 3.8) is 0 Å². The fraction of sp³-hybridized carbons (Fsp3) is 0.350. The monoisotopic (exact) mass is 423 g/mol. The van der Waals surface area contributed by atoms with Gasteiger partial charge in [-0.2, -0.15) is 0 Å². The first-order valence-electron chi connectivity index (χ1n) is 9.18. The second-order valence-corrected chi connectivity index (χ2v) is 8.80. The largest absolute Gasteiger partial charge is 0.398 e. The van der Waals surface area contributed by atoms with Gasteiger partial charge in [0.15, 0.2) is 0 Å². The van der Waals surface area contributed by atoms with Crippen LogP contribution in [0.5, 0.6) is 0 Å². The van der Waals surface area contributed by atoms with Gasteiger partial charge < -0.3 is 16.0 Å². The lowest BCUT2D eigenvalue weighted by Gasteiger charge is -2.27. The topological polar surface area (TPSA) is 92.5 Å². The Kier molecular flexibility index (Phi) is 7.32. The molecule has 0 spiro atoms. The first-order chi connectivity index (χ1) is 13.2. The highest BCUT2D eigenvalue weighted by Crippen LogP contribution is 2.38. The summed E-state index contributed by atoms with van der Waals surface area (Å²) >= 11 is 6.06. The quantitative estimate of drug-likeness (QED) is 0.616. The molecule has 28 heavy (non-hydrogen) atoms. The van der Waals surface area contributed by atoms with Gasteiger partial charge >= 0.3 is 0 Å². The molecule has 0 aliphatic heterocycles. The fourth-order valence-electron chi connectivity index (χ4n) is 3.03. The molecule has 1 amide bonds. The minimum absolute atomic E-state index is 0.0266. The third-order valence-corrected chi connectivity index (χ3v) is 6.35. The summed E-state index contributed by atoms with van der Waals surface area (Å²) in [6.45, 7) is 6.81. The van der Waals surface area contributed by atoms with Crippen molar-refractivity contribution in [1.82, 2.24) is 0 Å². The zero-order valence-corrected chi connectivity index (χ0v) is 17.9. The number of rotatable bonds is 8. The lowest BCUT2D eigenvalue weighted by atomic mass is 10.2. The third kappa shape index (κ3) is 4.77. The summed E-state index contributed by atoms with van der Waals surface area (Å²) in [5.41, 5.74) is 6.84. The molecule has 6 nitrogen and oxygen atoms in total. The van der Waals surface area contributed by atoms with E-state index in [-0.39, 0.29) is 26.4 Å². The summed E-state index contributed by atoms with van der Waals surface area (Å²) in [4.78, 5) is 13.8. The Hall–Kier alpha value is -2.25. The van der Waals surface area contributed by atoms with E-state index in [9.17, 15) is 13.2 Å². The SMILES string of the molecule is CCCN(CCC)c1cccc(NC(C)=O)c1S(=O)(=O)c1ccc(N)c(Cl)c1. The van der Waals surface area contributed by atoms with Crippen LogP contribution in [0.15, 0.2) is 46.2 Å². The van der Waals surface area contributed by atoms with Crippen molar-refractivity contribution >= 4 is 44.4 Å². The third-order valence-electron chi connectivity index (χ3n) is 4.18. The van der Waals surface area contributed by atoms with Gasteiger partial charge in [-0.3, -0.25) is 4.79 Å². The van der Waals surface area contributed by atoms with E-state index in [1.54, 1.807) is 18.2 Å². The van der Waals surface area contributed by atoms with E-state index in [0.717, 1.165) is 12.8 Å². The number of amides is 1. The van der Waals surface area contributed by atoms with E-state index >= 15 is 0 Å². The first kappa shape index (κ1) is 22.0. The van der Waals surface area contributed by atoms with Crippen molar-refractivity contribution in [2.45, 2.75) is 43.4 Å². The number of sulfone groups is 1. The van der Waals surface area contributed by atoms with Crippen LogP contribution in [0.25, 0.3) is 0 Å². The number of halogens is 1. The molecule has 0 unspecified atom stereocenters. The number of nitrogens with one attached hydrogen (secondary N) is 1. The Balaban J connectivity index is 2.76. The van der Waals surface area contributed by atoms with Gasteiger partial charge in [0.2, 0.25) is 15.7 Å². The van der Waals surface area contributed by atoms with Crippen molar-refractivity contribution in [3.05, 3.63) is 41.4 Å². The standard InChI is InChI=1S/C20H26ClN3O3S/c1-4-11-24(12-5-2)19-8-6-7-18(23-14(3)25)20(19)28(26,27)15-9-10-17(22)16(21)13-15/h6-10,13H,4-5,11-12,22H2,1-3H3,(H,23,25). The maximum absolute atomic E-state index is 13.6. The molecule has 152 valence electrons. The van der Waals surface area contributed by atoms with E-state index in [1.165, 1.54) is 25.1 Å². The van der Waals surface area contributed by atoms with Crippen LogP contribution < -0.4 is 16.0 Å². The number of anilines is 3. The van der Waals surface area contributed by atoms with E-state index in [0.29, 0.717) is 24.5 Å². The molecule has 0 saturated carbocycles. The minimum Gasteiger partial charge on any atom is -0.398 e. The summed E-state index contributed by atoms with van der Waals surface area (Å²) in [6.07, 6.45) is 1.72. The van der Waals surface area contributed by atoms with Gasteiger partial charge in [-0.1, -0.05) is 31.5 Å². The average molecular weight is 424 g/mol. The molecule has 0 bridgehead atoms. The van der Waals surface area contributed by atoms with Crippen LogP contribution in [0.1, 0.15) is 33.6 Å². The van der Waals surface area contributed by atoms with Crippen LogP contribution in [-0.4, -0.2) is 27.4 Å².